The van der Waals surface area contributed by atoms with E-state index in [2.05, 4.69) is 5.32 Å². The number of carbonyl (C=O) groups excluding carboxylic acids is 2. The Morgan fingerprint density at radius 2 is 1.54 bits per heavy atom. The molecule has 1 aliphatic carbocycles. The number of carbonyl (C=O) groups is 2. The van der Waals surface area contributed by atoms with Gasteiger partial charge < -0.3 is 10.2 Å². The van der Waals surface area contributed by atoms with E-state index < -0.39 is 16.1 Å². The second-order valence-corrected chi connectivity index (χ2v) is 12.4. The van der Waals surface area contributed by atoms with Crippen molar-refractivity contribution >= 4 is 50.7 Å². The van der Waals surface area contributed by atoms with Crippen LogP contribution in [0.4, 0.5) is 5.69 Å². The Hall–Kier alpha value is -2.29. The molecule has 1 unspecified atom stereocenters. The molecule has 7 nitrogen and oxygen atoms in total. The second kappa shape index (κ2) is 13.5. The summed E-state index contributed by atoms with van der Waals surface area (Å²) in [4.78, 5) is 28.1. The number of nitrogens with one attached hydrogen (secondary N) is 1. The standard InChI is InChI=1S/C27H35Cl2N3O4S/c1-20(27(34)30-24-7-4-3-5-8-24)31(19-21-10-12-22(28)13-11-21)26(33)9-6-18-32(37(2,35)36)25-16-14-23(29)15-17-25/h10-17,20,24H,3-9,18-19H2,1-2H3,(H,30,34). The van der Waals surface area contributed by atoms with Gasteiger partial charge in [-0.1, -0.05) is 54.6 Å². The van der Waals surface area contributed by atoms with Crippen molar-refractivity contribution in [2.24, 2.45) is 0 Å². The highest BCUT2D eigenvalue weighted by Crippen LogP contribution is 2.22. The van der Waals surface area contributed by atoms with Crippen LogP contribution in [0, 0.1) is 0 Å². The molecule has 1 N–H and O–H groups in total. The lowest BCUT2D eigenvalue weighted by atomic mass is 9.95. The van der Waals surface area contributed by atoms with E-state index >= 15 is 0 Å². The molecule has 0 radical (unpaired) electrons. The third kappa shape index (κ3) is 8.90. The van der Waals surface area contributed by atoms with Crippen LogP contribution in [-0.2, 0) is 26.2 Å². The summed E-state index contributed by atoms with van der Waals surface area (Å²) in [7, 11) is -3.56. The fraction of sp³-hybridized carbons (Fsp3) is 0.481. The molecular formula is C27H35Cl2N3O4S. The molecule has 1 saturated carbocycles. The summed E-state index contributed by atoms with van der Waals surface area (Å²) < 4.78 is 26.1. The molecule has 37 heavy (non-hydrogen) atoms. The van der Waals surface area contributed by atoms with Gasteiger partial charge in [-0.15, -0.1) is 0 Å². The molecule has 0 bridgehead atoms. The first-order valence-corrected chi connectivity index (χ1v) is 15.2. The largest absolute Gasteiger partial charge is 0.352 e. The molecule has 3 rings (SSSR count). The van der Waals surface area contributed by atoms with E-state index in [0.29, 0.717) is 22.2 Å². The molecule has 1 fully saturated rings. The maximum absolute atomic E-state index is 13.4. The van der Waals surface area contributed by atoms with Crippen molar-refractivity contribution in [1.29, 1.82) is 0 Å². The number of halogens is 2. The van der Waals surface area contributed by atoms with Crippen molar-refractivity contribution in [1.82, 2.24) is 10.2 Å². The maximum atomic E-state index is 13.4. The first-order valence-electron chi connectivity index (χ1n) is 12.6. The van der Waals surface area contributed by atoms with E-state index in [-0.39, 0.29) is 37.4 Å². The monoisotopic (exact) mass is 567 g/mol. The van der Waals surface area contributed by atoms with Crippen LogP contribution in [0.15, 0.2) is 48.5 Å². The first kappa shape index (κ1) is 29.3. The highest BCUT2D eigenvalue weighted by molar-refractivity contribution is 7.92. The van der Waals surface area contributed by atoms with Gasteiger partial charge in [-0.3, -0.25) is 13.9 Å². The molecule has 0 aliphatic heterocycles. The third-order valence-electron chi connectivity index (χ3n) is 6.65. The zero-order valence-electron chi connectivity index (χ0n) is 21.3. The number of hydrogen-bond donors (Lipinski definition) is 1. The highest BCUT2D eigenvalue weighted by Gasteiger charge is 2.28. The van der Waals surface area contributed by atoms with Gasteiger partial charge in [0.05, 0.1) is 11.9 Å². The molecule has 0 heterocycles. The summed E-state index contributed by atoms with van der Waals surface area (Å²) in [6.45, 7) is 2.12. The Kier molecular flexibility index (Phi) is 10.7. The van der Waals surface area contributed by atoms with Gasteiger partial charge in [-0.05, 0) is 68.1 Å². The molecule has 2 aromatic carbocycles. The number of benzene rings is 2. The lowest BCUT2D eigenvalue weighted by Crippen LogP contribution is -2.50. The van der Waals surface area contributed by atoms with Crippen LogP contribution < -0.4 is 9.62 Å². The quantitative estimate of drug-likeness (QED) is 0.393. The van der Waals surface area contributed by atoms with E-state index in [9.17, 15) is 18.0 Å². The van der Waals surface area contributed by atoms with Crippen LogP contribution in [0.1, 0.15) is 57.4 Å². The Morgan fingerprint density at radius 1 is 0.973 bits per heavy atom. The van der Waals surface area contributed by atoms with Crippen molar-refractivity contribution in [2.45, 2.75) is 70.5 Å². The van der Waals surface area contributed by atoms with Crippen LogP contribution in [0.3, 0.4) is 0 Å². The lowest BCUT2D eigenvalue weighted by molar-refractivity contribution is -0.141. The van der Waals surface area contributed by atoms with Crippen LogP contribution in [0.5, 0.6) is 0 Å². The Morgan fingerprint density at radius 3 is 2.11 bits per heavy atom. The van der Waals surface area contributed by atoms with Gasteiger partial charge in [0.1, 0.15) is 6.04 Å². The summed E-state index contributed by atoms with van der Waals surface area (Å²) in [5.41, 5.74) is 1.34. The predicted octanol–water partition coefficient (Wildman–Crippen LogP) is 5.41. The van der Waals surface area contributed by atoms with E-state index in [4.69, 9.17) is 23.2 Å². The molecule has 0 spiro atoms. The van der Waals surface area contributed by atoms with E-state index in [0.717, 1.165) is 37.5 Å². The van der Waals surface area contributed by atoms with Crippen LogP contribution in [0.2, 0.25) is 10.0 Å². The van der Waals surface area contributed by atoms with Gasteiger partial charge in [0, 0.05) is 35.6 Å². The summed E-state index contributed by atoms with van der Waals surface area (Å²) in [5.74, 6) is -0.390. The average molecular weight is 569 g/mol. The van der Waals surface area contributed by atoms with Crippen LogP contribution in [0.25, 0.3) is 0 Å². The zero-order chi connectivity index (χ0) is 27.0. The summed E-state index contributed by atoms with van der Waals surface area (Å²) >= 11 is 12.0. The smallest absolute Gasteiger partial charge is 0.242 e. The molecule has 0 saturated heterocycles. The summed E-state index contributed by atoms with van der Waals surface area (Å²) in [5, 5.41) is 4.21. The minimum absolute atomic E-state index is 0.0915. The number of anilines is 1. The summed E-state index contributed by atoms with van der Waals surface area (Å²) in [6.07, 6.45) is 6.80. The van der Waals surface area contributed by atoms with Crippen LogP contribution in [-0.4, -0.2) is 50.0 Å². The minimum Gasteiger partial charge on any atom is -0.352 e. The van der Waals surface area contributed by atoms with E-state index in [1.54, 1.807) is 48.2 Å². The number of amides is 2. The Labute approximate surface area is 230 Å². The number of sulfonamides is 1. The Bertz CT molecular complexity index is 1150. The highest BCUT2D eigenvalue weighted by atomic mass is 35.5. The van der Waals surface area contributed by atoms with Crippen molar-refractivity contribution in [3.63, 3.8) is 0 Å². The minimum atomic E-state index is -3.56. The van der Waals surface area contributed by atoms with E-state index in [1.807, 2.05) is 12.1 Å². The second-order valence-electron chi connectivity index (χ2n) is 9.58. The fourth-order valence-electron chi connectivity index (χ4n) is 4.55. The molecule has 0 aromatic heterocycles. The van der Waals surface area contributed by atoms with Crippen molar-refractivity contribution in [3.05, 3.63) is 64.1 Å². The van der Waals surface area contributed by atoms with Crippen molar-refractivity contribution < 1.29 is 18.0 Å². The van der Waals surface area contributed by atoms with Gasteiger partial charge >= 0.3 is 0 Å². The first-order chi connectivity index (χ1) is 17.5. The normalized spacial score (nSPS) is 15.1. The predicted molar refractivity (Wildman–Crippen MR) is 149 cm³/mol. The molecule has 1 atom stereocenters. The number of hydrogen-bond acceptors (Lipinski definition) is 4. The fourth-order valence-corrected chi connectivity index (χ4v) is 5.77. The molecule has 2 aromatic rings. The maximum Gasteiger partial charge on any atom is 0.242 e. The average Bonchev–Trinajstić information content (AvgIpc) is 2.86. The third-order valence-corrected chi connectivity index (χ3v) is 8.35. The van der Waals surface area contributed by atoms with Crippen LogP contribution >= 0.6 is 23.2 Å². The van der Waals surface area contributed by atoms with Gasteiger partial charge in [0.2, 0.25) is 21.8 Å². The SMILES string of the molecule is CC(C(=O)NC1CCCCC1)N(Cc1ccc(Cl)cc1)C(=O)CCCN(c1ccc(Cl)cc1)S(C)(=O)=O. The summed E-state index contributed by atoms with van der Waals surface area (Å²) in [6, 6.07) is 13.2. The lowest BCUT2D eigenvalue weighted by Gasteiger charge is -2.31. The van der Waals surface area contributed by atoms with Gasteiger partial charge in [-0.2, -0.15) is 0 Å². The molecule has 202 valence electrons. The molecule has 1 aliphatic rings. The molecular weight excluding hydrogens is 533 g/mol. The number of nitrogens with zero attached hydrogens (tertiary/aromatic N) is 2. The molecule has 10 heteroatoms. The topological polar surface area (TPSA) is 86.8 Å². The van der Waals surface area contributed by atoms with E-state index in [1.165, 1.54) is 10.7 Å². The van der Waals surface area contributed by atoms with Crippen molar-refractivity contribution in [2.75, 3.05) is 17.1 Å². The van der Waals surface area contributed by atoms with Gasteiger partial charge in [0.25, 0.3) is 0 Å². The van der Waals surface area contributed by atoms with Gasteiger partial charge in [-0.25, -0.2) is 8.42 Å². The number of rotatable bonds is 11. The Balaban J connectivity index is 1.70. The van der Waals surface area contributed by atoms with Gasteiger partial charge in [0.15, 0.2) is 0 Å². The van der Waals surface area contributed by atoms with Crippen molar-refractivity contribution in [3.8, 4) is 0 Å². The zero-order valence-corrected chi connectivity index (χ0v) is 23.7. The molecule has 2 amide bonds.